The van der Waals surface area contributed by atoms with Crippen LogP contribution in [-0.2, 0) is 16.1 Å². The molecule has 96 valence electrons. The summed E-state index contributed by atoms with van der Waals surface area (Å²) in [6.07, 6.45) is 0.292. The van der Waals surface area contributed by atoms with Crippen LogP contribution in [0.1, 0.15) is 17.5 Å². The van der Waals surface area contributed by atoms with E-state index in [1.165, 1.54) is 0 Å². The number of hydrogen-bond acceptors (Lipinski definition) is 2. The van der Waals surface area contributed by atoms with Gasteiger partial charge in [-0.3, -0.25) is 9.59 Å². The zero-order valence-corrected chi connectivity index (χ0v) is 11.7. The van der Waals surface area contributed by atoms with E-state index in [1.54, 1.807) is 0 Å². The van der Waals surface area contributed by atoms with Crippen LogP contribution >= 0.6 is 15.9 Å². The van der Waals surface area contributed by atoms with Crippen LogP contribution in [-0.4, -0.2) is 18.4 Å². The first-order valence-electron chi connectivity index (χ1n) is 5.86. The summed E-state index contributed by atoms with van der Waals surface area (Å²) in [4.78, 5) is 22.9. The van der Waals surface area contributed by atoms with Gasteiger partial charge in [-0.1, -0.05) is 34.1 Å². The van der Waals surface area contributed by atoms with Crippen molar-refractivity contribution < 1.29 is 9.59 Å². The second kappa shape index (κ2) is 5.52. The lowest BCUT2D eigenvalue weighted by Gasteiger charge is -2.11. The highest BCUT2D eigenvalue weighted by Crippen LogP contribution is 2.21. The third-order valence-electron chi connectivity index (χ3n) is 3.07. The van der Waals surface area contributed by atoms with Gasteiger partial charge in [-0.15, -0.1) is 0 Å². The highest BCUT2D eigenvalue weighted by atomic mass is 79.9. The van der Waals surface area contributed by atoms with Crippen LogP contribution in [0.5, 0.6) is 0 Å². The maximum Gasteiger partial charge on any atom is 0.225 e. The molecule has 0 aliphatic carbocycles. The molecule has 2 N–H and O–H groups in total. The lowest BCUT2D eigenvalue weighted by atomic mass is 10.1. The van der Waals surface area contributed by atoms with E-state index in [9.17, 15) is 9.59 Å². The van der Waals surface area contributed by atoms with E-state index in [-0.39, 0.29) is 17.7 Å². The standard InChI is InChI=1S/C13H15BrN2O2/c1-8-3-2-4-9(12(8)14)6-16-13(18)10-5-11(17)15-7-10/h2-4,10H,5-7H2,1H3,(H,15,17)(H,16,18)/t10-/m1/s1. The first-order valence-corrected chi connectivity index (χ1v) is 6.65. The minimum Gasteiger partial charge on any atom is -0.355 e. The summed E-state index contributed by atoms with van der Waals surface area (Å²) in [5, 5.41) is 5.53. The SMILES string of the molecule is Cc1cccc(CNC(=O)[C@H]2CNC(=O)C2)c1Br. The minimum atomic E-state index is -0.235. The monoisotopic (exact) mass is 310 g/mol. The Morgan fingerprint density at radius 3 is 3.00 bits per heavy atom. The number of hydrogen-bond donors (Lipinski definition) is 2. The third-order valence-corrected chi connectivity index (χ3v) is 4.21. The van der Waals surface area contributed by atoms with Crippen LogP contribution in [0.4, 0.5) is 0 Å². The molecule has 0 unspecified atom stereocenters. The number of halogens is 1. The molecule has 1 fully saturated rings. The average Bonchev–Trinajstić information content (AvgIpc) is 2.77. The molecule has 5 heteroatoms. The summed E-state index contributed by atoms with van der Waals surface area (Å²) >= 11 is 3.51. The molecule has 1 heterocycles. The molecule has 0 aromatic heterocycles. The molecule has 18 heavy (non-hydrogen) atoms. The molecule has 1 atom stereocenters. The third kappa shape index (κ3) is 2.90. The lowest BCUT2D eigenvalue weighted by Crippen LogP contribution is -2.31. The van der Waals surface area contributed by atoms with Crippen molar-refractivity contribution >= 4 is 27.7 Å². The van der Waals surface area contributed by atoms with Gasteiger partial charge in [0, 0.05) is 24.0 Å². The summed E-state index contributed by atoms with van der Waals surface area (Å²) in [6.45, 7) is 2.93. The average molecular weight is 311 g/mol. The Hall–Kier alpha value is -1.36. The number of nitrogens with one attached hydrogen (secondary N) is 2. The van der Waals surface area contributed by atoms with Crippen LogP contribution in [0.3, 0.4) is 0 Å². The fourth-order valence-corrected chi connectivity index (χ4v) is 2.37. The fraction of sp³-hybridized carbons (Fsp3) is 0.385. The number of aryl methyl sites for hydroxylation is 1. The number of rotatable bonds is 3. The van der Waals surface area contributed by atoms with E-state index in [2.05, 4.69) is 26.6 Å². The number of amides is 2. The quantitative estimate of drug-likeness (QED) is 0.889. The van der Waals surface area contributed by atoms with Crippen LogP contribution in [0, 0.1) is 12.8 Å². The zero-order valence-electron chi connectivity index (χ0n) is 10.1. The highest BCUT2D eigenvalue weighted by Gasteiger charge is 2.27. The topological polar surface area (TPSA) is 58.2 Å². The maximum atomic E-state index is 11.8. The van der Waals surface area contributed by atoms with Crippen molar-refractivity contribution in [1.29, 1.82) is 0 Å². The van der Waals surface area contributed by atoms with Gasteiger partial charge in [0.15, 0.2) is 0 Å². The molecule has 0 radical (unpaired) electrons. The molecule has 1 aromatic rings. The number of carbonyl (C=O) groups excluding carboxylic acids is 2. The van der Waals surface area contributed by atoms with E-state index in [0.29, 0.717) is 19.5 Å². The Labute approximate surface area is 114 Å². The van der Waals surface area contributed by atoms with Crippen LogP contribution in [0.15, 0.2) is 22.7 Å². The molecule has 0 spiro atoms. The Morgan fingerprint density at radius 1 is 1.56 bits per heavy atom. The molecule has 1 aliphatic rings. The van der Waals surface area contributed by atoms with Crippen molar-refractivity contribution in [3.63, 3.8) is 0 Å². The molecule has 2 rings (SSSR count). The van der Waals surface area contributed by atoms with E-state index < -0.39 is 0 Å². The zero-order chi connectivity index (χ0) is 13.1. The Balaban J connectivity index is 1.93. The minimum absolute atomic E-state index is 0.0492. The smallest absolute Gasteiger partial charge is 0.225 e. The van der Waals surface area contributed by atoms with Gasteiger partial charge in [0.2, 0.25) is 11.8 Å². The van der Waals surface area contributed by atoms with E-state index in [1.807, 2.05) is 25.1 Å². The van der Waals surface area contributed by atoms with Gasteiger partial charge in [-0.2, -0.15) is 0 Å². The van der Waals surface area contributed by atoms with Crippen molar-refractivity contribution in [1.82, 2.24) is 10.6 Å². The van der Waals surface area contributed by atoms with Gasteiger partial charge in [-0.05, 0) is 18.1 Å². The number of benzene rings is 1. The molecule has 1 aliphatic heterocycles. The molecule has 1 aromatic carbocycles. The van der Waals surface area contributed by atoms with Gasteiger partial charge >= 0.3 is 0 Å². The normalized spacial score (nSPS) is 18.6. The van der Waals surface area contributed by atoms with E-state index >= 15 is 0 Å². The van der Waals surface area contributed by atoms with Crippen LogP contribution in [0.25, 0.3) is 0 Å². The lowest BCUT2D eigenvalue weighted by molar-refractivity contribution is -0.126. The molecule has 4 nitrogen and oxygen atoms in total. The Bertz CT molecular complexity index is 488. The van der Waals surface area contributed by atoms with Gasteiger partial charge in [-0.25, -0.2) is 0 Å². The molecule has 0 bridgehead atoms. The predicted octanol–water partition coefficient (Wildman–Crippen LogP) is 1.51. The molecule has 1 saturated heterocycles. The van der Waals surface area contributed by atoms with Gasteiger partial charge in [0.05, 0.1) is 5.92 Å². The highest BCUT2D eigenvalue weighted by molar-refractivity contribution is 9.10. The fourth-order valence-electron chi connectivity index (χ4n) is 1.96. The van der Waals surface area contributed by atoms with Crippen molar-refractivity contribution in [3.05, 3.63) is 33.8 Å². The van der Waals surface area contributed by atoms with E-state index in [4.69, 9.17) is 0 Å². The van der Waals surface area contributed by atoms with Crippen LogP contribution < -0.4 is 10.6 Å². The van der Waals surface area contributed by atoms with Crippen molar-refractivity contribution in [3.8, 4) is 0 Å². The van der Waals surface area contributed by atoms with Gasteiger partial charge < -0.3 is 10.6 Å². The maximum absolute atomic E-state index is 11.8. The van der Waals surface area contributed by atoms with Crippen molar-refractivity contribution in [2.45, 2.75) is 19.9 Å². The summed E-state index contributed by atoms with van der Waals surface area (Å²) in [5.74, 6) is -0.352. The molecular formula is C13H15BrN2O2. The second-order valence-electron chi connectivity index (χ2n) is 4.47. The molecular weight excluding hydrogens is 296 g/mol. The largest absolute Gasteiger partial charge is 0.355 e. The van der Waals surface area contributed by atoms with Gasteiger partial charge in [0.25, 0.3) is 0 Å². The predicted molar refractivity (Wildman–Crippen MR) is 71.8 cm³/mol. The summed E-state index contributed by atoms with van der Waals surface area (Å²) in [6, 6.07) is 5.94. The summed E-state index contributed by atoms with van der Waals surface area (Å²) in [5.41, 5.74) is 2.18. The Kier molecular flexibility index (Phi) is 4.01. The first-order chi connectivity index (χ1) is 8.58. The second-order valence-corrected chi connectivity index (χ2v) is 5.26. The van der Waals surface area contributed by atoms with Crippen molar-refractivity contribution in [2.24, 2.45) is 5.92 Å². The summed E-state index contributed by atoms with van der Waals surface area (Å²) < 4.78 is 1.02. The van der Waals surface area contributed by atoms with Crippen molar-refractivity contribution in [2.75, 3.05) is 6.54 Å². The first kappa shape index (κ1) is 13.1. The molecule has 0 saturated carbocycles. The molecule has 2 amide bonds. The van der Waals surface area contributed by atoms with Gasteiger partial charge in [0.1, 0.15) is 0 Å². The van der Waals surface area contributed by atoms with E-state index in [0.717, 1.165) is 15.6 Å². The Morgan fingerprint density at radius 2 is 2.33 bits per heavy atom. The number of carbonyl (C=O) groups is 2. The van der Waals surface area contributed by atoms with Crippen LogP contribution in [0.2, 0.25) is 0 Å². The summed E-state index contributed by atoms with van der Waals surface area (Å²) in [7, 11) is 0.